The number of guanidine groups is 1. The molecule has 2 heterocycles. The molecule has 1 aliphatic heterocycles. The average molecular weight is 448 g/mol. The number of hydrogen-bond acceptors (Lipinski definition) is 5. The second-order valence-electron chi connectivity index (χ2n) is 7.71. The summed E-state index contributed by atoms with van der Waals surface area (Å²) in [6.45, 7) is 2.57. The zero-order valence-corrected chi connectivity index (χ0v) is 18.2. The number of furan rings is 1. The van der Waals surface area contributed by atoms with Crippen LogP contribution in [-0.4, -0.2) is 44.8 Å². The molecule has 3 rings (SSSR count). The van der Waals surface area contributed by atoms with E-state index < -0.39 is 10.0 Å². The van der Waals surface area contributed by atoms with Gasteiger partial charge in [0.25, 0.3) is 0 Å². The molecule has 10 heteroatoms. The van der Waals surface area contributed by atoms with Crippen LogP contribution in [-0.2, 0) is 27.8 Å². The maximum Gasteiger partial charge on any atom is 0.238 e. The fourth-order valence-electron chi connectivity index (χ4n) is 3.68. The smallest absolute Gasteiger partial charge is 0.238 e. The number of nitrogens with one attached hydrogen (secondary N) is 1. The summed E-state index contributed by atoms with van der Waals surface area (Å²) in [7, 11) is -3.72. The first-order chi connectivity index (χ1) is 14.8. The summed E-state index contributed by atoms with van der Waals surface area (Å²) in [4.78, 5) is 18.3. The monoisotopic (exact) mass is 447 g/mol. The summed E-state index contributed by atoms with van der Waals surface area (Å²) in [6.07, 6.45) is 4.65. The third-order valence-corrected chi connectivity index (χ3v) is 6.14. The van der Waals surface area contributed by atoms with Crippen LogP contribution < -0.4 is 16.2 Å². The van der Waals surface area contributed by atoms with Gasteiger partial charge in [0, 0.05) is 32.5 Å². The fraction of sp³-hybridized carbons (Fsp3) is 0.429. The van der Waals surface area contributed by atoms with Gasteiger partial charge in [-0.3, -0.25) is 4.79 Å². The first kappa shape index (κ1) is 22.8. The first-order valence-electron chi connectivity index (χ1n) is 10.3. The van der Waals surface area contributed by atoms with Crippen molar-refractivity contribution in [2.45, 2.75) is 37.1 Å². The van der Waals surface area contributed by atoms with E-state index in [2.05, 4.69) is 10.2 Å². The van der Waals surface area contributed by atoms with Gasteiger partial charge in [0.1, 0.15) is 5.76 Å². The topological polar surface area (TPSA) is 144 Å². The van der Waals surface area contributed by atoms with Crippen molar-refractivity contribution in [3.8, 4) is 0 Å². The summed E-state index contributed by atoms with van der Waals surface area (Å²) in [5.74, 6) is 1.55. The van der Waals surface area contributed by atoms with Crippen molar-refractivity contribution in [3.05, 3.63) is 54.0 Å². The molecule has 9 nitrogen and oxygen atoms in total. The quantitative estimate of drug-likeness (QED) is 0.410. The molecule has 1 amide bonds. The Hall–Kier alpha value is -2.85. The molecule has 2 aromatic rings. The Morgan fingerprint density at radius 2 is 2.03 bits per heavy atom. The van der Waals surface area contributed by atoms with Crippen molar-refractivity contribution in [1.82, 2.24) is 10.2 Å². The van der Waals surface area contributed by atoms with E-state index in [1.54, 1.807) is 18.4 Å². The fourth-order valence-corrected chi connectivity index (χ4v) is 4.19. The lowest BCUT2D eigenvalue weighted by Gasteiger charge is -2.34. The number of primary amides is 1. The van der Waals surface area contributed by atoms with Crippen LogP contribution in [0.5, 0.6) is 0 Å². The second kappa shape index (κ2) is 10.5. The molecule has 0 saturated carbocycles. The van der Waals surface area contributed by atoms with Crippen molar-refractivity contribution < 1.29 is 17.6 Å². The van der Waals surface area contributed by atoms with Gasteiger partial charge in [-0.15, -0.1) is 0 Å². The number of sulfonamides is 1. The van der Waals surface area contributed by atoms with Crippen LogP contribution in [0, 0.1) is 5.92 Å². The van der Waals surface area contributed by atoms with E-state index in [0.29, 0.717) is 32.5 Å². The Bertz CT molecular complexity index is 987. The number of carbonyl (C=O) groups is 1. The maximum absolute atomic E-state index is 11.4. The number of rotatable bonds is 8. The molecule has 5 N–H and O–H groups in total. The molecule has 0 radical (unpaired) electrons. The minimum Gasteiger partial charge on any atom is -0.469 e. The van der Waals surface area contributed by atoms with E-state index in [4.69, 9.17) is 20.3 Å². The number of carbonyl (C=O) groups excluding carboxylic acids is 1. The highest BCUT2D eigenvalue weighted by Crippen LogP contribution is 2.20. The molecule has 1 fully saturated rings. The number of piperidine rings is 1. The number of primary sulfonamides is 1. The molecule has 0 bridgehead atoms. The van der Waals surface area contributed by atoms with Crippen molar-refractivity contribution in [1.29, 1.82) is 0 Å². The van der Waals surface area contributed by atoms with Gasteiger partial charge in [-0.1, -0.05) is 12.1 Å². The van der Waals surface area contributed by atoms with Gasteiger partial charge in [-0.05, 0) is 48.6 Å². The molecule has 1 aromatic carbocycles. The number of nitrogens with two attached hydrogens (primary N) is 2. The van der Waals surface area contributed by atoms with Gasteiger partial charge >= 0.3 is 0 Å². The molecule has 168 valence electrons. The average Bonchev–Trinajstić information content (AvgIpc) is 3.23. The number of amides is 1. The zero-order valence-electron chi connectivity index (χ0n) is 17.4. The van der Waals surface area contributed by atoms with Gasteiger partial charge in [0.05, 0.1) is 17.7 Å². The number of hydrogen-bond donors (Lipinski definition) is 3. The summed E-state index contributed by atoms with van der Waals surface area (Å²) in [5, 5.41) is 8.55. The molecule has 1 unspecified atom stereocenters. The van der Waals surface area contributed by atoms with Gasteiger partial charge in [-0.25, -0.2) is 18.5 Å². The second-order valence-corrected chi connectivity index (χ2v) is 9.27. The van der Waals surface area contributed by atoms with Crippen molar-refractivity contribution in [3.63, 3.8) is 0 Å². The molecule has 1 aliphatic rings. The normalized spacial score (nSPS) is 17.5. The highest BCUT2D eigenvalue weighted by atomic mass is 32.2. The third-order valence-electron chi connectivity index (χ3n) is 5.21. The SMILES string of the molecule is NC(=O)CC1CCCN(C(=NCc2ccc(S(N)(=O)=O)cc2)NCCc2ccco2)C1. The van der Waals surface area contributed by atoms with E-state index in [1.165, 1.54) is 12.1 Å². The maximum atomic E-state index is 11.4. The van der Waals surface area contributed by atoms with Gasteiger partial charge < -0.3 is 20.4 Å². The van der Waals surface area contributed by atoms with E-state index in [-0.39, 0.29) is 16.7 Å². The molecule has 1 atom stereocenters. The van der Waals surface area contributed by atoms with Gasteiger partial charge in [0.2, 0.25) is 15.9 Å². The van der Waals surface area contributed by atoms with Gasteiger partial charge in [-0.2, -0.15) is 0 Å². The van der Waals surface area contributed by atoms with Crippen LogP contribution in [0.4, 0.5) is 0 Å². The largest absolute Gasteiger partial charge is 0.469 e. The molecule has 1 aromatic heterocycles. The number of nitrogens with zero attached hydrogens (tertiary/aromatic N) is 2. The zero-order chi connectivity index (χ0) is 22.3. The predicted octanol–water partition coefficient (Wildman–Crippen LogP) is 1.20. The Morgan fingerprint density at radius 3 is 2.68 bits per heavy atom. The third kappa shape index (κ3) is 7.11. The Labute approximate surface area is 182 Å². The van der Waals surface area contributed by atoms with Crippen LogP contribution in [0.3, 0.4) is 0 Å². The van der Waals surface area contributed by atoms with E-state index in [0.717, 1.165) is 36.7 Å². The lowest BCUT2D eigenvalue weighted by Crippen LogP contribution is -2.47. The number of aliphatic imine (C=N–C) groups is 1. The van der Waals surface area contributed by atoms with Crippen molar-refractivity contribution in [2.24, 2.45) is 21.8 Å². The first-order valence-corrected chi connectivity index (χ1v) is 11.8. The van der Waals surface area contributed by atoms with Crippen LogP contribution in [0.25, 0.3) is 0 Å². The summed E-state index contributed by atoms with van der Waals surface area (Å²) >= 11 is 0. The standard InChI is InChI=1S/C21H29N5O4S/c22-20(27)13-17-3-1-11-26(15-17)21(24-10-9-18-4-2-12-30-18)25-14-16-5-7-19(8-6-16)31(23,28)29/h2,4-8,12,17H,1,3,9-11,13-15H2,(H2,22,27)(H,24,25)(H2,23,28,29). The van der Waals surface area contributed by atoms with E-state index >= 15 is 0 Å². The molecule has 0 spiro atoms. The van der Waals surface area contributed by atoms with Crippen molar-refractivity contribution >= 4 is 21.9 Å². The Balaban J connectivity index is 1.70. The minimum absolute atomic E-state index is 0.0716. The Kier molecular flexibility index (Phi) is 7.69. The van der Waals surface area contributed by atoms with Crippen LogP contribution in [0.15, 0.2) is 57.0 Å². The van der Waals surface area contributed by atoms with E-state index in [1.807, 2.05) is 12.1 Å². The molecule has 0 aliphatic carbocycles. The van der Waals surface area contributed by atoms with E-state index in [9.17, 15) is 13.2 Å². The summed E-state index contributed by atoms with van der Waals surface area (Å²) in [5.41, 5.74) is 6.26. The van der Waals surface area contributed by atoms with Crippen LogP contribution in [0.2, 0.25) is 0 Å². The lowest BCUT2D eigenvalue weighted by atomic mass is 9.95. The van der Waals surface area contributed by atoms with Crippen LogP contribution >= 0.6 is 0 Å². The number of likely N-dealkylation sites (tertiary alicyclic amines) is 1. The molecule has 31 heavy (non-hydrogen) atoms. The minimum atomic E-state index is -3.72. The van der Waals surface area contributed by atoms with Crippen molar-refractivity contribution in [2.75, 3.05) is 19.6 Å². The Morgan fingerprint density at radius 1 is 1.26 bits per heavy atom. The summed E-state index contributed by atoms with van der Waals surface area (Å²) < 4.78 is 28.3. The summed E-state index contributed by atoms with van der Waals surface area (Å²) in [6, 6.07) is 10.2. The highest BCUT2D eigenvalue weighted by Gasteiger charge is 2.23. The number of benzene rings is 1. The molecule has 1 saturated heterocycles. The van der Waals surface area contributed by atoms with Crippen LogP contribution in [0.1, 0.15) is 30.6 Å². The van der Waals surface area contributed by atoms with Gasteiger partial charge in [0.15, 0.2) is 5.96 Å². The lowest BCUT2D eigenvalue weighted by molar-refractivity contribution is -0.119. The predicted molar refractivity (Wildman–Crippen MR) is 117 cm³/mol. The molecular formula is C21H29N5O4S. The molecular weight excluding hydrogens is 418 g/mol. The highest BCUT2D eigenvalue weighted by molar-refractivity contribution is 7.89.